The van der Waals surface area contributed by atoms with E-state index in [0.29, 0.717) is 18.8 Å². The van der Waals surface area contributed by atoms with Crippen LogP contribution in [0.1, 0.15) is 11.3 Å². The zero-order valence-corrected chi connectivity index (χ0v) is 15.8. The van der Waals surface area contributed by atoms with Crippen molar-refractivity contribution in [3.8, 4) is 0 Å². The Kier molecular flexibility index (Phi) is 5.88. The lowest BCUT2D eigenvalue weighted by Gasteiger charge is -2.39. The fourth-order valence-corrected chi connectivity index (χ4v) is 3.32. The van der Waals surface area contributed by atoms with E-state index in [1.807, 2.05) is 37.1 Å². The van der Waals surface area contributed by atoms with Crippen LogP contribution in [-0.4, -0.2) is 63.6 Å². The van der Waals surface area contributed by atoms with Crippen LogP contribution < -0.4 is 11.1 Å². The minimum atomic E-state index is -0.483. The molecule has 0 spiro atoms. The number of aryl methyl sites for hydroxylation is 1. The molecule has 1 aromatic heterocycles. The number of benzene rings is 1. The number of nitrogens with two attached hydrogens (primary N) is 1. The summed E-state index contributed by atoms with van der Waals surface area (Å²) in [4.78, 5) is 28.4. The topological polar surface area (TPSA) is 96.5 Å². The van der Waals surface area contributed by atoms with E-state index in [-0.39, 0.29) is 12.5 Å². The second kappa shape index (κ2) is 8.32. The van der Waals surface area contributed by atoms with Crippen molar-refractivity contribution in [2.45, 2.75) is 19.5 Å². The lowest BCUT2D eigenvalue weighted by atomic mass is 10.1. The largest absolute Gasteiger partial charge is 0.368 e. The molecule has 0 aliphatic carbocycles. The Morgan fingerprint density at radius 3 is 2.63 bits per heavy atom. The van der Waals surface area contributed by atoms with Gasteiger partial charge in [-0.15, -0.1) is 0 Å². The van der Waals surface area contributed by atoms with Crippen LogP contribution in [0.5, 0.6) is 0 Å². The number of rotatable bonds is 6. The van der Waals surface area contributed by atoms with Crippen molar-refractivity contribution in [2.75, 3.05) is 31.5 Å². The molecule has 144 valence electrons. The summed E-state index contributed by atoms with van der Waals surface area (Å²) in [5.74, 6) is -0.577. The van der Waals surface area contributed by atoms with Crippen LogP contribution in [0.4, 0.5) is 5.69 Å². The molecule has 0 saturated carbocycles. The quantitative estimate of drug-likeness (QED) is 0.764. The molecule has 8 heteroatoms. The van der Waals surface area contributed by atoms with Gasteiger partial charge in [-0.2, -0.15) is 5.10 Å². The van der Waals surface area contributed by atoms with Gasteiger partial charge in [-0.25, -0.2) is 0 Å². The van der Waals surface area contributed by atoms with Crippen LogP contribution in [0.15, 0.2) is 36.5 Å². The average Bonchev–Trinajstić information content (AvgIpc) is 2.95. The van der Waals surface area contributed by atoms with Gasteiger partial charge in [0.25, 0.3) is 0 Å². The maximum Gasteiger partial charge on any atom is 0.238 e. The number of nitrogens with one attached hydrogen (secondary N) is 1. The molecule has 0 radical (unpaired) electrons. The van der Waals surface area contributed by atoms with E-state index < -0.39 is 11.9 Å². The van der Waals surface area contributed by atoms with Crippen LogP contribution >= 0.6 is 0 Å². The zero-order valence-electron chi connectivity index (χ0n) is 15.8. The Bertz CT molecular complexity index is 804. The molecule has 1 atom stereocenters. The second-order valence-corrected chi connectivity index (χ2v) is 6.92. The number of hydrogen-bond donors (Lipinski definition) is 2. The molecule has 1 fully saturated rings. The lowest BCUT2D eigenvalue weighted by molar-refractivity contribution is -0.127. The normalized spacial score (nSPS) is 18.4. The molecule has 2 amide bonds. The van der Waals surface area contributed by atoms with Crippen molar-refractivity contribution in [1.29, 1.82) is 0 Å². The standard InChI is InChI=1S/C19H26N6O2/c1-14-16(10-21-23(14)2)22-18(26)13-25-9-8-24(12-17(25)19(20)27)11-15-6-4-3-5-7-15/h3-7,10,17H,8-9,11-13H2,1-2H3,(H2,20,27)(H,22,26)/t17-/m1/s1. The first kappa shape index (κ1) is 19.1. The highest BCUT2D eigenvalue weighted by molar-refractivity contribution is 5.93. The third-order valence-electron chi connectivity index (χ3n) is 5.01. The minimum absolute atomic E-state index is 0.126. The number of anilines is 1. The van der Waals surface area contributed by atoms with Gasteiger partial charge in [0.2, 0.25) is 11.8 Å². The molecular formula is C19H26N6O2. The fourth-order valence-electron chi connectivity index (χ4n) is 3.32. The van der Waals surface area contributed by atoms with Gasteiger partial charge in [0.15, 0.2) is 0 Å². The summed E-state index contributed by atoms with van der Waals surface area (Å²) >= 11 is 0. The molecule has 0 unspecified atom stereocenters. The van der Waals surface area contributed by atoms with Crippen molar-refractivity contribution in [3.63, 3.8) is 0 Å². The van der Waals surface area contributed by atoms with Crippen molar-refractivity contribution < 1.29 is 9.59 Å². The van der Waals surface area contributed by atoms with E-state index in [1.54, 1.807) is 10.9 Å². The first-order valence-corrected chi connectivity index (χ1v) is 9.02. The predicted molar refractivity (Wildman–Crippen MR) is 103 cm³/mol. The number of carbonyl (C=O) groups is 2. The van der Waals surface area contributed by atoms with Crippen LogP contribution in [0.25, 0.3) is 0 Å². The van der Waals surface area contributed by atoms with E-state index in [4.69, 9.17) is 5.73 Å². The molecule has 0 bridgehead atoms. The van der Waals surface area contributed by atoms with E-state index >= 15 is 0 Å². The number of aromatic nitrogens is 2. The highest BCUT2D eigenvalue weighted by atomic mass is 16.2. The molecule has 1 aliphatic heterocycles. The van der Waals surface area contributed by atoms with Gasteiger partial charge in [-0.05, 0) is 12.5 Å². The fraction of sp³-hybridized carbons (Fsp3) is 0.421. The van der Waals surface area contributed by atoms with Gasteiger partial charge in [-0.3, -0.25) is 24.1 Å². The monoisotopic (exact) mass is 370 g/mol. The summed E-state index contributed by atoms with van der Waals surface area (Å²) < 4.78 is 1.70. The molecule has 2 aromatic rings. The molecule has 1 saturated heterocycles. The number of nitrogens with zero attached hydrogens (tertiary/aromatic N) is 4. The predicted octanol–water partition coefficient (Wildman–Crippen LogP) is 0.339. The van der Waals surface area contributed by atoms with Gasteiger partial charge in [0, 0.05) is 33.2 Å². The van der Waals surface area contributed by atoms with E-state index in [1.165, 1.54) is 5.56 Å². The Morgan fingerprint density at radius 1 is 1.26 bits per heavy atom. The van der Waals surface area contributed by atoms with E-state index in [9.17, 15) is 9.59 Å². The number of amides is 2. The summed E-state index contributed by atoms with van der Waals surface area (Å²) in [6.07, 6.45) is 1.62. The maximum atomic E-state index is 12.4. The van der Waals surface area contributed by atoms with Gasteiger partial charge in [0.05, 0.1) is 24.1 Å². The smallest absolute Gasteiger partial charge is 0.238 e. The highest BCUT2D eigenvalue weighted by Crippen LogP contribution is 2.15. The van der Waals surface area contributed by atoms with Crippen molar-refractivity contribution in [2.24, 2.45) is 12.8 Å². The average molecular weight is 370 g/mol. The van der Waals surface area contributed by atoms with E-state index in [0.717, 1.165) is 18.8 Å². The lowest BCUT2D eigenvalue weighted by Crippen LogP contribution is -2.59. The zero-order chi connectivity index (χ0) is 19.4. The SMILES string of the molecule is Cc1c(NC(=O)CN2CCN(Cc3ccccc3)C[C@@H]2C(N)=O)cnn1C. The maximum absolute atomic E-state index is 12.4. The third-order valence-corrected chi connectivity index (χ3v) is 5.01. The van der Waals surface area contributed by atoms with Gasteiger partial charge < -0.3 is 11.1 Å². The minimum Gasteiger partial charge on any atom is -0.368 e. The molecular weight excluding hydrogens is 344 g/mol. The Hall–Kier alpha value is -2.71. The van der Waals surface area contributed by atoms with Crippen LogP contribution in [0, 0.1) is 6.92 Å². The molecule has 1 aromatic carbocycles. The Labute approximate surface area is 158 Å². The summed E-state index contributed by atoms with van der Waals surface area (Å²) in [5, 5.41) is 6.98. The van der Waals surface area contributed by atoms with Gasteiger partial charge in [-0.1, -0.05) is 30.3 Å². The third kappa shape index (κ3) is 4.72. The van der Waals surface area contributed by atoms with Gasteiger partial charge in [0.1, 0.15) is 6.04 Å². The molecule has 3 rings (SSSR count). The van der Waals surface area contributed by atoms with Crippen LogP contribution in [0.2, 0.25) is 0 Å². The second-order valence-electron chi connectivity index (χ2n) is 6.92. The molecule has 8 nitrogen and oxygen atoms in total. The first-order chi connectivity index (χ1) is 12.9. The number of primary amides is 1. The molecule has 27 heavy (non-hydrogen) atoms. The Balaban J connectivity index is 1.59. The number of carbonyl (C=O) groups excluding carboxylic acids is 2. The van der Waals surface area contributed by atoms with Crippen molar-refractivity contribution in [3.05, 3.63) is 47.8 Å². The van der Waals surface area contributed by atoms with Crippen molar-refractivity contribution in [1.82, 2.24) is 19.6 Å². The number of hydrogen-bond acceptors (Lipinski definition) is 5. The van der Waals surface area contributed by atoms with Gasteiger partial charge >= 0.3 is 0 Å². The summed E-state index contributed by atoms with van der Waals surface area (Å²) in [6, 6.07) is 9.63. The summed E-state index contributed by atoms with van der Waals surface area (Å²) in [6.45, 7) is 4.68. The van der Waals surface area contributed by atoms with E-state index in [2.05, 4.69) is 27.4 Å². The Morgan fingerprint density at radius 2 is 2.00 bits per heavy atom. The molecule has 1 aliphatic rings. The van der Waals surface area contributed by atoms with Crippen molar-refractivity contribution >= 4 is 17.5 Å². The number of piperazine rings is 1. The van der Waals surface area contributed by atoms with Crippen LogP contribution in [0.3, 0.4) is 0 Å². The van der Waals surface area contributed by atoms with Crippen LogP contribution in [-0.2, 0) is 23.2 Å². The summed E-state index contributed by atoms with van der Waals surface area (Å²) in [7, 11) is 1.82. The highest BCUT2D eigenvalue weighted by Gasteiger charge is 2.32. The molecule has 3 N–H and O–H groups in total. The summed E-state index contributed by atoms with van der Waals surface area (Å²) in [5.41, 5.74) is 8.37. The molecule has 2 heterocycles. The first-order valence-electron chi connectivity index (χ1n) is 9.02.